The van der Waals surface area contributed by atoms with Crippen LogP contribution in [0.5, 0.6) is 5.75 Å². The highest BCUT2D eigenvalue weighted by molar-refractivity contribution is 14.1. The van der Waals surface area contributed by atoms with E-state index in [1.165, 1.54) is 11.8 Å². The molecular weight excluding hydrogens is 677 g/mol. The van der Waals surface area contributed by atoms with Gasteiger partial charge in [0, 0.05) is 29.9 Å². The molecule has 1 aliphatic carbocycles. The number of nitrogens with one attached hydrogen (secondary N) is 1. The fourth-order valence-electron chi connectivity index (χ4n) is 5.16. The number of carbonyl (C=O) groups is 1. The first kappa shape index (κ1) is 30.7. The summed E-state index contributed by atoms with van der Waals surface area (Å²) in [6, 6.07) is 17.3. The lowest BCUT2D eigenvalue weighted by molar-refractivity contribution is 0.100. The Labute approximate surface area is 264 Å². The Morgan fingerprint density at radius 2 is 1.93 bits per heavy atom. The van der Waals surface area contributed by atoms with Gasteiger partial charge in [-0.1, -0.05) is 64.6 Å². The van der Waals surface area contributed by atoms with E-state index < -0.39 is 19.2 Å². The van der Waals surface area contributed by atoms with Gasteiger partial charge in [-0.05, 0) is 73.7 Å². The number of aliphatic hydroxyl groups is 1. The van der Waals surface area contributed by atoms with Crippen LogP contribution in [0.15, 0.2) is 100 Å². The number of halogens is 1. The maximum absolute atomic E-state index is 14.1. The minimum atomic E-state index is -3.96. The third-order valence-corrected chi connectivity index (χ3v) is 10.7. The number of sulfone groups is 1. The van der Waals surface area contributed by atoms with E-state index in [1.807, 2.05) is 12.1 Å². The van der Waals surface area contributed by atoms with Gasteiger partial charge in [-0.3, -0.25) is 9.78 Å². The highest BCUT2D eigenvalue weighted by Gasteiger charge is 2.29. The number of benzene rings is 3. The highest BCUT2D eigenvalue weighted by Crippen LogP contribution is 2.42. The number of aryl methyl sites for hydroxylation is 1. The molecule has 1 amide bonds. The molecule has 0 radical (unpaired) electrons. The third-order valence-electron chi connectivity index (χ3n) is 7.52. The minimum absolute atomic E-state index is 0.0830. The van der Waals surface area contributed by atoms with Crippen LogP contribution in [-0.4, -0.2) is 38.1 Å². The molecule has 4 aromatic rings. The zero-order valence-corrected chi connectivity index (χ0v) is 26.8. The van der Waals surface area contributed by atoms with Crippen molar-refractivity contribution < 1.29 is 23.1 Å². The zero-order valence-electron chi connectivity index (χ0n) is 23.8. The van der Waals surface area contributed by atoms with Crippen LogP contribution < -0.4 is 15.8 Å². The number of aliphatic hydroxyl groups excluding tert-OH is 1. The number of hydrogen-bond donors (Lipinski definition) is 3. The smallest absolute Gasteiger partial charge is 0.252 e. The van der Waals surface area contributed by atoms with E-state index in [2.05, 4.69) is 51.1 Å². The molecule has 43 heavy (non-hydrogen) atoms. The summed E-state index contributed by atoms with van der Waals surface area (Å²) in [7, 11) is -2.40. The van der Waals surface area contributed by atoms with E-state index in [1.54, 1.807) is 62.6 Å². The van der Waals surface area contributed by atoms with Crippen molar-refractivity contribution in [3.8, 4) is 5.75 Å². The molecule has 0 aliphatic heterocycles. The summed E-state index contributed by atoms with van der Waals surface area (Å²) < 4.78 is 33.1. The lowest BCUT2D eigenvalue weighted by Gasteiger charge is -2.27. The van der Waals surface area contributed by atoms with Gasteiger partial charge in [0.25, 0.3) is 5.91 Å². The molecule has 1 aromatic heterocycles. The van der Waals surface area contributed by atoms with Gasteiger partial charge in [-0.2, -0.15) is 0 Å². The zero-order chi connectivity index (χ0) is 30.8. The number of carbonyl (C=O) groups excluding carboxylic acids is 1. The second kappa shape index (κ2) is 12.5. The quantitative estimate of drug-likeness (QED) is 0.126. The Kier molecular flexibility index (Phi) is 8.91. The number of allylic oxidation sites excluding steroid dienone is 4. The Bertz CT molecular complexity index is 1890. The molecule has 0 fully saturated rings. The van der Waals surface area contributed by atoms with Crippen LogP contribution in [0.25, 0.3) is 10.9 Å². The molecule has 1 unspecified atom stereocenters. The van der Waals surface area contributed by atoms with E-state index in [0.29, 0.717) is 46.4 Å². The van der Waals surface area contributed by atoms with E-state index in [-0.39, 0.29) is 22.0 Å². The van der Waals surface area contributed by atoms with Crippen molar-refractivity contribution in [1.82, 2.24) is 4.98 Å². The average Bonchev–Trinajstić information content (AvgIpc) is 3.01. The predicted molar refractivity (Wildman–Crippen MR) is 177 cm³/mol. The van der Waals surface area contributed by atoms with E-state index in [9.17, 15) is 13.2 Å². The van der Waals surface area contributed by atoms with Gasteiger partial charge in [-0.15, -0.1) is 0 Å². The van der Waals surface area contributed by atoms with Crippen molar-refractivity contribution in [2.24, 2.45) is 5.73 Å². The number of rotatable bonds is 10. The predicted octanol–water partition coefficient (Wildman–Crippen LogP) is 6.52. The van der Waals surface area contributed by atoms with Gasteiger partial charge < -0.3 is 20.9 Å². The number of ether oxygens (including phenoxy) is 1. The molecule has 3 aromatic carbocycles. The summed E-state index contributed by atoms with van der Waals surface area (Å²) in [4.78, 5) is 17.1. The van der Waals surface area contributed by atoms with Gasteiger partial charge in [0.1, 0.15) is 5.75 Å². The minimum Gasteiger partial charge on any atom is -0.497 e. The fourth-order valence-corrected chi connectivity index (χ4v) is 7.32. The van der Waals surface area contributed by atoms with Crippen molar-refractivity contribution in [1.29, 1.82) is 0 Å². The Hall–Kier alpha value is -3.74. The molecule has 5 rings (SSSR count). The lowest BCUT2D eigenvalue weighted by atomic mass is 9.89. The van der Waals surface area contributed by atoms with Crippen LogP contribution in [0.3, 0.4) is 0 Å². The number of alkyl halides is 1. The van der Waals surface area contributed by atoms with E-state index in [0.717, 1.165) is 12.0 Å². The van der Waals surface area contributed by atoms with Crippen LogP contribution in [-0.2, 0) is 13.3 Å². The number of hydrogen-bond acceptors (Lipinski definition) is 7. The van der Waals surface area contributed by atoms with E-state index in [4.69, 9.17) is 15.6 Å². The van der Waals surface area contributed by atoms with Crippen molar-refractivity contribution >= 4 is 60.6 Å². The van der Waals surface area contributed by atoms with Crippen molar-refractivity contribution in [2.75, 3.05) is 19.0 Å². The monoisotopic (exact) mass is 709 g/mol. The number of aromatic nitrogens is 1. The summed E-state index contributed by atoms with van der Waals surface area (Å²) in [5.41, 5.74) is 10.1. The van der Waals surface area contributed by atoms with Gasteiger partial charge in [0.2, 0.25) is 9.84 Å². The van der Waals surface area contributed by atoms with Crippen LogP contribution in [0.1, 0.15) is 40.7 Å². The third kappa shape index (κ3) is 6.31. The maximum Gasteiger partial charge on any atom is 0.252 e. The second-order valence-electron chi connectivity index (χ2n) is 10.4. The molecule has 1 atom stereocenters. The highest BCUT2D eigenvalue weighted by atomic mass is 127. The van der Waals surface area contributed by atoms with Gasteiger partial charge in [0.15, 0.2) is 0 Å². The molecule has 1 aliphatic rings. The first-order valence-corrected chi connectivity index (χ1v) is 16.3. The topological polar surface area (TPSA) is 132 Å². The Morgan fingerprint density at radius 1 is 1.14 bits per heavy atom. The van der Waals surface area contributed by atoms with Crippen LogP contribution >= 0.6 is 22.6 Å². The normalized spacial score (nSPS) is 16.6. The number of pyridine rings is 1. The standard InChI is InChI=1S/C33H32IN3O5S/c1-21-16-27(19-28-30(21)36-20-29(32(35)39)31(28)37-24-8-4-9-25(18-24)42-2)43(40,41)26-10-3-7-23(17-26)33(34)13-11-22(12-14-33)6-5-15-38/h3-4,7-13,16-20,38H,5-6,14-15H2,1-2H3,(H2,35,39)(H,36,37). The van der Waals surface area contributed by atoms with Crippen LogP contribution in [0.4, 0.5) is 11.4 Å². The Balaban J connectivity index is 1.58. The molecular formula is C33H32IN3O5S. The maximum atomic E-state index is 14.1. The molecule has 1 heterocycles. The molecule has 4 N–H and O–H groups in total. The molecule has 0 bridgehead atoms. The molecule has 0 saturated carbocycles. The first-order chi connectivity index (χ1) is 20.6. The van der Waals surface area contributed by atoms with Crippen molar-refractivity contribution in [3.63, 3.8) is 0 Å². The Morgan fingerprint density at radius 3 is 2.63 bits per heavy atom. The number of fused-ring (bicyclic) bond motifs is 1. The number of primary amides is 1. The summed E-state index contributed by atoms with van der Waals surface area (Å²) in [5.74, 6) is -0.0825. The number of anilines is 2. The number of amides is 1. The SMILES string of the molecule is COc1cccc(Nc2c(C(N)=O)cnc3c(C)cc(S(=O)(=O)c4cccc(C5(I)C=CC(CCCO)=CC5)c4)cc23)c1. The molecule has 0 saturated heterocycles. The number of nitrogens with zero attached hydrogens (tertiary/aromatic N) is 1. The van der Waals surface area contributed by atoms with Crippen LogP contribution in [0, 0.1) is 6.92 Å². The fraction of sp³-hybridized carbons (Fsp3) is 0.212. The number of methoxy groups -OCH3 is 1. The number of nitrogens with two attached hydrogens (primary N) is 1. The lowest BCUT2D eigenvalue weighted by Crippen LogP contribution is -2.17. The van der Waals surface area contributed by atoms with Gasteiger partial charge in [-0.25, -0.2) is 8.42 Å². The second-order valence-corrected chi connectivity index (χ2v) is 14.3. The van der Waals surface area contributed by atoms with E-state index >= 15 is 0 Å². The summed E-state index contributed by atoms with van der Waals surface area (Å²) in [5, 5.41) is 12.9. The summed E-state index contributed by atoms with van der Waals surface area (Å²) >= 11 is 2.36. The molecule has 8 nitrogen and oxygen atoms in total. The average molecular weight is 710 g/mol. The molecule has 10 heteroatoms. The van der Waals surface area contributed by atoms with Gasteiger partial charge in [0.05, 0.1) is 37.1 Å². The molecule has 0 spiro atoms. The van der Waals surface area contributed by atoms with Crippen LogP contribution in [0.2, 0.25) is 0 Å². The summed E-state index contributed by atoms with van der Waals surface area (Å²) in [6.07, 6.45) is 9.92. The van der Waals surface area contributed by atoms with Crippen molar-refractivity contribution in [3.05, 3.63) is 107 Å². The summed E-state index contributed by atoms with van der Waals surface area (Å²) in [6.45, 7) is 1.94. The van der Waals surface area contributed by atoms with Gasteiger partial charge >= 0.3 is 0 Å². The first-order valence-electron chi connectivity index (χ1n) is 13.7. The largest absolute Gasteiger partial charge is 0.497 e. The molecule has 222 valence electrons. The van der Waals surface area contributed by atoms with Crippen molar-refractivity contribution in [2.45, 2.75) is 39.4 Å².